The van der Waals surface area contributed by atoms with Crippen LogP contribution in [0.1, 0.15) is 0 Å². The SMILES string of the molecule is [CH3][Sn]([CH3])[NH]S(=O)O. The van der Waals surface area contributed by atoms with E-state index >= 15 is 0 Å². The van der Waals surface area contributed by atoms with Crippen LogP contribution in [0.25, 0.3) is 0 Å². The molecule has 0 fully saturated rings. The molecule has 0 aromatic carbocycles. The summed E-state index contributed by atoms with van der Waals surface area (Å²) in [5, 5.41) is 0. The van der Waals surface area contributed by atoms with Gasteiger partial charge in [-0.15, -0.1) is 0 Å². The Morgan fingerprint density at radius 3 is 2.14 bits per heavy atom. The molecule has 1 atom stereocenters. The van der Waals surface area contributed by atoms with Crippen LogP contribution in [0.5, 0.6) is 0 Å². The molecule has 0 aliphatic rings. The Balaban J connectivity index is 3.13. The van der Waals surface area contributed by atoms with Gasteiger partial charge in [0.05, 0.1) is 0 Å². The summed E-state index contributed by atoms with van der Waals surface area (Å²) in [5.74, 6) is 0. The maximum absolute atomic E-state index is 9.86. The Morgan fingerprint density at radius 2 is 2.14 bits per heavy atom. The summed E-state index contributed by atoms with van der Waals surface area (Å²) >= 11 is -3.25. The average Bonchev–Trinajstić information content (AvgIpc) is 1.27. The van der Waals surface area contributed by atoms with Gasteiger partial charge in [-0.25, -0.2) is 0 Å². The third kappa shape index (κ3) is 6.87. The maximum atomic E-state index is 9.86. The van der Waals surface area contributed by atoms with E-state index in [-0.39, 0.29) is 0 Å². The molecule has 0 aromatic rings. The van der Waals surface area contributed by atoms with Gasteiger partial charge in [0.25, 0.3) is 0 Å². The van der Waals surface area contributed by atoms with Crippen LogP contribution in [0.2, 0.25) is 9.88 Å². The monoisotopic (exact) mass is 230 g/mol. The molecule has 0 spiro atoms. The molecule has 0 saturated carbocycles. The zero-order chi connectivity index (χ0) is 5.86. The molecule has 1 radical (unpaired) electrons. The van der Waals surface area contributed by atoms with Gasteiger partial charge in [-0.2, -0.15) is 0 Å². The van der Waals surface area contributed by atoms with Crippen molar-refractivity contribution >= 4 is 31.3 Å². The summed E-state index contributed by atoms with van der Waals surface area (Å²) in [4.78, 5) is 3.99. The van der Waals surface area contributed by atoms with E-state index in [0.29, 0.717) is 0 Å². The first-order valence-corrected chi connectivity index (χ1v) is 10.0. The molecule has 0 bridgehead atoms. The number of nitrogens with one attached hydrogen (secondary N) is 1. The molecule has 1 unspecified atom stereocenters. The Labute approximate surface area is 53.0 Å². The molecule has 5 heteroatoms. The summed E-state index contributed by atoms with van der Waals surface area (Å²) in [6.45, 7) is 0. The van der Waals surface area contributed by atoms with Gasteiger partial charge in [0.1, 0.15) is 0 Å². The van der Waals surface area contributed by atoms with Crippen molar-refractivity contribution in [2.45, 2.75) is 9.88 Å². The summed E-state index contributed by atoms with van der Waals surface area (Å²) in [6.07, 6.45) is 0. The minimum absolute atomic E-state index is 1.49. The van der Waals surface area contributed by atoms with E-state index in [2.05, 4.69) is 2.94 Å². The fourth-order valence-electron chi connectivity index (χ4n) is 0.175. The molecule has 7 heavy (non-hydrogen) atoms. The van der Waals surface area contributed by atoms with Crippen LogP contribution in [-0.2, 0) is 11.3 Å². The van der Waals surface area contributed by atoms with Gasteiger partial charge in [0.2, 0.25) is 0 Å². The standard InChI is InChI=1S/2CH3.H2NO2S.Sn/c;;1-4(2)3;/h2*1H3;1H,(H,2,3);/q;;-1;+1. The topological polar surface area (TPSA) is 49.3 Å². The molecule has 0 aromatic heterocycles. The van der Waals surface area contributed by atoms with Crippen molar-refractivity contribution in [1.82, 2.24) is 2.94 Å². The predicted molar refractivity (Wildman–Crippen MR) is 31.4 cm³/mol. The van der Waals surface area contributed by atoms with Crippen molar-refractivity contribution in [1.29, 1.82) is 0 Å². The van der Waals surface area contributed by atoms with Crippen molar-refractivity contribution in [2.24, 2.45) is 0 Å². The van der Waals surface area contributed by atoms with Crippen LogP contribution in [-0.4, -0.2) is 28.8 Å². The van der Waals surface area contributed by atoms with Crippen molar-refractivity contribution in [2.75, 3.05) is 0 Å². The normalized spacial score (nSPS) is 14.9. The number of hydrogen-bond acceptors (Lipinski definition) is 1. The van der Waals surface area contributed by atoms with Crippen LogP contribution in [0, 0.1) is 0 Å². The average molecular weight is 229 g/mol. The summed E-state index contributed by atoms with van der Waals surface area (Å²) in [5.41, 5.74) is 0. The molecule has 0 amide bonds. The zero-order valence-corrected chi connectivity index (χ0v) is 7.93. The predicted octanol–water partition coefficient (Wildman–Crippen LogP) is -0.0362. The third-order valence-electron chi connectivity index (χ3n) is 0.291. The Hall–Kier alpha value is 0.869. The van der Waals surface area contributed by atoms with E-state index in [9.17, 15) is 4.21 Å². The van der Waals surface area contributed by atoms with Crippen LogP contribution in [0.4, 0.5) is 0 Å². The van der Waals surface area contributed by atoms with E-state index in [1.54, 1.807) is 0 Å². The molecule has 43 valence electrons. The van der Waals surface area contributed by atoms with E-state index < -0.39 is 31.3 Å². The first-order valence-electron chi connectivity index (χ1n) is 1.80. The van der Waals surface area contributed by atoms with Crippen molar-refractivity contribution in [3.8, 4) is 0 Å². The molecule has 0 saturated heterocycles. The van der Waals surface area contributed by atoms with Gasteiger partial charge in [-0.3, -0.25) is 0 Å². The molecular formula is C2H8NO2SSn. The Bertz CT molecular complexity index is 76.1. The van der Waals surface area contributed by atoms with E-state index in [0.717, 1.165) is 0 Å². The summed E-state index contributed by atoms with van der Waals surface area (Å²) < 4.78 is 20.5. The van der Waals surface area contributed by atoms with E-state index in [1.807, 2.05) is 9.88 Å². The first kappa shape index (κ1) is 7.87. The molecule has 3 nitrogen and oxygen atoms in total. The number of rotatable bonds is 2. The zero-order valence-electron chi connectivity index (χ0n) is 4.26. The Kier molecular flexibility index (Phi) is 4.29. The van der Waals surface area contributed by atoms with Crippen LogP contribution in [0.3, 0.4) is 0 Å². The summed E-state index contributed by atoms with van der Waals surface area (Å²) in [7, 11) is 0. The van der Waals surface area contributed by atoms with Gasteiger partial charge in [0.15, 0.2) is 0 Å². The molecule has 0 heterocycles. The van der Waals surface area contributed by atoms with Gasteiger partial charge in [0, 0.05) is 0 Å². The van der Waals surface area contributed by atoms with Crippen LogP contribution in [0.15, 0.2) is 0 Å². The third-order valence-corrected chi connectivity index (χ3v) is 5.87. The first-order chi connectivity index (χ1) is 3.13. The van der Waals surface area contributed by atoms with Crippen molar-refractivity contribution in [3.05, 3.63) is 0 Å². The molecule has 0 aliphatic heterocycles. The fraction of sp³-hybridized carbons (Fsp3) is 1.00. The van der Waals surface area contributed by atoms with Crippen molar-refractivity contribution < 1.29 is 8.76 Å². The molecule has 2 N–H and O–H groups in total. The van der Waals surface area contributed by atoms with Gasteiger partial charge in [-0.1, -0.05) is 0 Å². The molecular weight excluding hydrogens is 221 g/mol. The molecule has 0 rings (SSSR count). The second-order valence-electron chi connectivity index (χ2n) is 1.35. The van der Waals surface area contributed by atoms with Gasteiger partial charge >= 0.3 is 52.9 Å². The fourth-order valence-corrected chi connectivity index (χ4v) is 3.51. The number of hydrogen-bond donors (Lipinski definition) is 2. The van der Waals surface area contributed by atoms with Gasteiger partial charge in [-0.05, 0) is 0 Å². The van der Waals surface area contributed by atoms with Crippen molar-refractivity contribution in [3.63, 3.8) is 0 Å². The van der Waals surface area contributed by atoms with Crippen LogP contribution < -0.4 is 2.94 Å². The quantitative estimate of drug-likeness (QED) is 0.515. The second-order valence-corrected chi connectivity index (χ2v) is 9.51. The second kappa shape index (κ2) is 3.82. The van der Waals surface area contributed by atoms with Gasteiger partial charge < -0.3 is 0 Å². The summed E-state index contributed by atoms with van der Waals surface area (Å²) in [6, 6.07) is 0. The minimum atomic E-state index is -1.76. The van der Waals surface area contributed by atoms with E-state index in [4.69, 9.17) is 4.55 Å². The molecule has 0 aliphatic carbocycles. The van der Waals surface area contributed by atoms with Crippen LogP contribution >= 0.6 is 0 Å². The Morgan fingerprint density at radius 1 is 1.71 bits per heavy atom. The van der Waals surface area contributed by atoms with E-state index in [1.165, 1.54) is 0 Å².